The topological polar surface area (TPSA) is 42.4 Å². The Morgan fingerprint density at radius 1 is 1.19 bits per heavy atom. The lowest BCUT2D eigenvalue weighted by Gasteiger charge is -2.19. The molecule has 0 radical (unpaired) electrons. The molecule has 26 heavy (non-hydrogen) atoms. The van der Waals surface area contributed by atoms with E-state index < -0.39 is 11.7 Å². The molecule has 0 spiro atoms. The Balaban J connectivity index is 2.06. The third kappa shape index (κ3) is 4.53. The first kappa shape index (κ1) is 19.8. The zero-order valence-corrected chi connectivity index (χ0v) is 15.1. The molecule has 4 nitrogen and oxygen atoms in total. The first-order valence-corrected chi connectivity index (χ1v) is 8.02. The van der Waals surface area contributed by atoms with Crippen molar-refractivity contribution in [1.82, 2.24) is 9.88 Å². The molecule has 1 aromatic heterocycles. The Morgan fingerprint density at radius 3 is 2.35 bits per heavy atom. The summed E-state index contributed by atoms with van der Waals surface area (Å²) >= 11 is 0. The second-order valence-corrected chi connectivity index (χ2v) is 6.17. The molecule has 0 N–H and O–H groups in total. The van der Waals surface area contributed by atoms with E-state index in [2.05, 4.69) is 4.98 Å². The van der Waals surface area contributed by atoms with E-state index in [1.54, 1.807) is 20.4 Å². The smallest absolute Gasteiger partial charge is 0.416 e. The van der Waals surface area contributed by atoms with Crippen molar-refractivity contribution in [2.45, 2.75) is 33.0 Å². The van der Waals surface area contributed by atoms with E-state index in [-0.39, 0.29) is 12.3 Å². The highest BCUT2D eigenvalue weighted by atomic mass is 19.4. The van der Waals surface area contributed by atoms with Crippen molar-refractivity contribution in [3.8, 4) is 5.75 Å². The summed E-state index contributed by atoms with van der Waals surface area (Å²) in [7, 11) is 3.22. The summed E-state index contributed by atoms with van der Waals surface area (Å²) in [4.78, 5) is 18.2. The average molecular weight is 366 g/mol. The van der Waals surface area contributed by atoms with Crippen LogP contribution in [0.2, 0.25) is 0 Å². The maximum Gasteiger partial charge on any atom is 0.416 e. The quantitative estimate of drug-likeness (QED) is 0.805. The number of methoxy groups -OCH3 is 1. The number of rotatable bonds is 5. The number of halogens is 3. The van der Waals surface area contributed by atoms with E-state index >= 15 is 0 Å². The lowest BCUT2D eigenvalue weighted by Crippen LogP contribution is -2.28. The average Bonchev–Trinajstić information content (AvgIpc) is 2.57. The molecule has 140 valence electrons. The highest BCUT2D eigenvalue weighted by Crippen LogP contribution is 2.29. The Hall–Kier alpha value is -2.57. The number of hydrogen-bond acceptors (Lipinski definition) is 3. The summed E-state index contributed by atoms with van der Waals surface area (Å²) in [6.07, 6.45) is -2.67. The molecule has 2 rings (SSSR count). The molecule has 1 heterocycles. The fraction of sp³-hybridized carbons (Fsp3) is 0.368. The van der Waals surface area contributed by atoms with Crippen LogP contribution in [0.4, 0.5) is 13.2 Å². The van der Waals surface area contributed by atoms with Gasteiger partial charge in [0.05, 0.1) is 31.3 Å². The van der Waals surface area contributed by atoms with Gasteiger partial charge in [-0.15, -0.1) is 0 Å². The van der Waals surface area contributed by atoms with E-state index in [0.29, 0.717) is 12.1 Å². The molecular formula is C19H21F3N2O2. The minimum atomic E-state index is -4.38. The van der Waals surface area contributed by atoms with Gasteiger partial charge in [-0.1, -0.05) is 12.1 Å². The normalized spacial score (nSPS) is 11.3. The number of hydrogen-bond donors (Lipinski definition) is 0. The third-order valence-electron chi connectivity index (χ3n) is 4.20. The number of aryl methyl sites for hydroxylation is 1. The van der Waals surface area contributed by atoms with Crippen LogP contribution in [0.1, 0.15) is 27.9 Å². The fourth-order valence-electron chi connectivity index (χ4n) is 2.66. The summed E-state index contributed by atoms with van der Waals surface area (Å²) in [6, 6.07) is 4.62. The van der Waals surface area contributed by atoms with Crippen molar-refractivity contribution in [1.29, 1.82) is 0 Å². The molecule has 1 aromatic carbocycles. The van der Waals surface area contributed by atoms with Crippen LogP contribution < -0.4 is 4.74 Å². The molecule has 2 aromatic rings. The molecule has 0 aliphatic heterocycles. The number of carbonyl (C=O) groups is 1. The molecule has 0 atom stereocenters. The molecule has 0 saturated carbocycles. The number of likely N-dealkylation sites (N-methyl/N-ethyl adjacent to an activating group) is 1. The number of alkyl halides is 3. The number of ether oxygens (including phenoxy) is 1. The van der Waals surface area contributed by atoms with Crippen LogP contribution >= 0.6 is 0 Å². The minimum Gasteiger partial charge on any atom is -0.496 e. The first-order chi connectivity index (χ1) is 12.1. The van der Waals surface area contributed by atoms with Gasteiger partial charge in [-0.3, -0.25) is 9.78 Å². The van der Waals surface area contributed by atoms with Gasteiger partial charge in [-0.25, -0.2) is 0 Å². The van der Waals surface area contributed by atoms with Gasteiger partial charge in [0.2, 0.25) is 5.91 Å². The van der Waals surface area contributed by atoms with Crippen LogP contribution in [0.5, 0.6) is 5.75 Å². The number of nitrogens with zero attached hydrogens (tertiary/aromatic N) is 2. The van der Waals surface area contributed by atoms with Crippen molar-refractivity contribution in [2.24, 2.45) is 0 Å². The van der Waals surface area contributed by atoms with Crippen molar-refractivity contribution in [3.05, 3.63) is 58.4 Å². The van der Waals surface area contributed by atoms with E-state index in [1.807, 2.05) is 13.8 Å². The second-order valence-electron chi connectivity index (χ2n) is 6.17. The summed E-state index contributed by atoms with van der Waals surface area (Å²) in [5.41, 5.74) is 2.29. The molecule has 0 saturated heterocycles. The van der Waals surface area contributed by atoms with E-state index in [4.69, 9.17) is 4.74 Å². The largest absolute Gasteiger partial charge is 0.496 e. The molecule has 1 amide bonds. The van der Waals surface area contributed by atoms with E-state index in [0.717, 1.165) is 34.7 Å². The number of aromatic nitrogens is 1. The van der Waals surface area contributed by atoms with Crippen molar-refractivity contribution in [2.75, 3.05) is 14.2 Å². The second kappa shape index (κ2) is 7.76. The van der Waals surface area contributed by atoms with Crippen LogP contribution in [-0.4, -0.2) is 29.9 Å². The van der Waals surface area contributed by atoms with Crippen molar-refractivity contribution >= 4 is 5.91 Å². The summed E-state index contributed by atoms with van der Waals surface area (Å²) in [5.74, 6) is 0.532. The summed E-state index contributed by atoms with van der Waals surface area (Å²) in [6.45, 7) is 4.06. The minimum absolute atomic E-state index is 0.0245. The molecule has 0 bridgehead atoms. The number of carbonyl (C=O) groups excluding carboxylic acids is 1. The van der Waals surface area contributed by atoms with Crippen molar-refractivity contribution in [3.63, 3.8) is 0 Å². The highest BCUT2D eigenvalue weighted by Gasteiger charge is 2.30. The Labute approximate surface area is 150 Å². The van der Waals surface area contributed by atoms with Crippen LogP contribution in [0.3, 0.4) is 0 Å². The van der Waals surface area contributed by atoms with Crippen LogP contribution in [0.25, 0.3) is 0 Å². The Kier molecular flexibility index (Phi) is 5.90. The van der Waals surface area contributed by atoms with Gasteiger partial charge in [0.25, 0.3) is 0 Å². The van der Waals surface area contributed by atoms with Gasteiger partial charge in [-0.2, -0.15) is 13.2 Å². The molecule has 0 aliphatic carbocycles. The SMILES string of the molecule is COc1c(C)cnc(CN(C)C(=O)Cc2ccc(C(F)(F)F)cc2)c1C. The third-order valence-corrected chi connectivity index (χ3v) is 4.20. The maximum absolute atomic E-state index is 12.6. The van der Waals surface area contributed by atoms with Gasteiger partial charge >= 0.3 is 6.18 Å². The number of amides is 1. The fourth-order valence-corrected chi connectivity index (χ4v) is 2.66. The Bertz CT molecular complexity index is 787. The molecule has 0 aliphatic rings. The standard InChI is InChI=1S/C19H21F3N2O2/c1-12-10-23-16(13(2)18(12)26-4)11-24(3)17(25)9-14-5-7-15(8-6-14)19(20,21)22/h5-8,10H,9,11H2,1-4H3. The lowest BCUT2D eigenvalue weighted by atomic mass is 10.1. The van der Waals surface area contributed by atoms with Gasteiger partial charge < -0.3 is 9.64 Å². The zero-order chi connectivity index (χ0) is 19.5. The van der Waals surface area contributed by atoms with Crippen LogP contribution in [0.15, 0.2) is 30.5 Å². The van der Waals surface area contributed by atoms with Gasteiger partial charge in [-0.05, 0) is 31.5 Å². The number of pyridine rings is 1. The van der Waals surface area contributed by atoms with E-state index in [9.17, 15) is 18.0 Å². The lowest BCUT2D eigenvalue weighted by molar-refractivity contribution is -0.137. The van der Waals surface area contributed by atoms with Crippen LogP contribution in [0, 0.1) is 13.8 Å². The summed E-state index contributed by atoms with van der Waals surface area (Å²) < 4.78 is 43.1. The Morgan fingerprint density at radius 2 is 1.81 bits per heavy atom. The molecule has 7 heteroatoms. The summed E-state index contributed by atoms with van der Waals surface area (Å²) in [5, 5.41) is 0. The monoisotopic (exact) mass is 366 g/mol. The van der Waals surface area contributed by atoms with E-state index in [1.165, 1.54) is 17.0 Å². The maximum atomic E-state index is 12.6. The predicted octanol–water partition coefficient (Wildman–Crippen LogP) is 3.93. The first-order valence-electron chi connectivity index (χ1n) is 8.02. The van der Waals surface area contributed by atoms with Gasteiger partial charge in [0.1, 0.15) is 5.75 Å². The van der Waals surface area contributed by atoms with Crippen molar-refractivity contribution < 1.29 is 22.7 Å². The molecule has 0 unspecified atom stereocenters. The van der Waals surface area contributed by atoms with Crippen LogP contribution in [-0.2, 0) is 23.9 Å². The molecule has 0 fully saturated rings. The van der Waals surface area contributed by atoms with Gasteiger partial charge in [0, 0.05) is 24.4 Å². The predicted molar refractivity (Wildman–Crippen MR) is 91.9 cm³/mol. The number of benzene rings is 1. The zero-order valence-electron chi connectivity index (χ0n) is 15.1. The molecular weight excluding hydrogens is 345 g/mol. The highest BCUT2D eigenvalue weighted by molar-refractivity contribution is 5.78. The van der Waals surface area contributed by atoms with Gasteiger partial charge in [0.15, 0.2) is 0 Å².